The van der Waals surface area contributed by atoms with Crippen LogP contribution in [0, 0.1) is 0 Å². The second-order valence-corrected chi connectivity index (χ2v) is 5.34. The fourth-order valence-corrected chi connectivity index (χ4v) is 2.52. The van der Waals surface area contributed by atoms with Gasteiger partial charge in [0.1, 0.15) is 5.75 Å². The summed E-state index contributed by atoms with van der Waals surface area (Å²) in [6, 6.07) is 8.29. The first kappa shape index (κ1) is 15.8. The van der Waals surface area contributed by atoms with E-state index in [2.05, 4.69) is 27.9 Å². The van der Waals surface area contributed by atoms with Gasteiger partial charge < -0.3 is 9.84 Å². The molecule has 1 saturated heterocycles. The van der Waals surface area contributed by atoms with Crippen LogP contribution in [0.2, 0.25) is 0 Å². The lowest BCUT2D eigenvalue weighted by Crippen LogP contribution is -2.42. The van der Waals surface area contributed by atoms with Crippen molar-refractivity contribution in [1.29, 1.82) is 0 Å². The van der Waals surface area contributed by atoms with Gasteiger partial charge in [0.05, 0.1) is 13.3 Å². The number of methoxy groups -OCH3 is 1. The molecule has 0 aromatic heterocycles. The molecule has 6 heteroatoms. The van der Waals surface area contributed by atoms with E-state index in [9.17, 15) is 4.79 Å². The van der Waals surface area contributed by atoms with Gasteiger partial charge in [-0.2, -0.15) is 0 Å². The van der Waals surface area contributed by atoms with Crippen LogP contribution in [0.15, 0.2) is 24.3 Å². The fourth-order valence-electron chi connectivity index (χ4n) is 2.52. The highest BCUT2D eigenvalue weighted by atomic mass is 16.5. The molecule has 0 saturated carbocycles. The summed E-state index contributed by atoms with van der Waals surface area (Å²) >= 11 is 0. The van der Waals surface area contributed by atoms with Gasteiger partial charge in [0, 0.05) is 12.5 Å². The number of carbonyl (C=O) groups is 1. The van der Waals surface area contributed by atoms with Gasteiger partial charge in [-0.25, -0.2) is 10.9 Å². The quantitative estimate of drug-likeness (QED) is 0.705. The van der Waals surface area contributed by atoms with Crippen LogP contribution < -0.4 is 15.6 Å². The topological polar surface area (TPSA) is 73.8 Å². The number of ether oxygens (including phenoxy) is 1. The van der Waals surface area contributed by atoms with Crippen molar-refractivity contribution in [1.82, 2.24) is 15.8 Å². The van der Waals surface area contributed by atoms with Crippen LogP contribution in [0.5, 0.6) is 5.75 Å². The van der Waals surface area contributed by atoms with E-state index in [1.807, 2.05) is 19.2 Å². The first-order chi connectivity index (χ1) is 10.1. The van der Waals surface area contributed by atoms with E-state index in [0.29, 0.717) is 6.42 Å². The van der Waals surface area contributed by atoms with E-state index in [-0.39, 0.29) is 18.6 Å². The molecule has 0 aliphatic carbocycles. The van der Waals surface area contributed by atoms with Crippen molar-refractivity contribution in [3.05, 3.63) is 29.8 Å². The second kappa shape index (κ2) is 7.40. The van der Waals surface area contributed by atoms with Gasteiger partial charge in [-0.3, -0.25) is 9.69 Å². The average molecular weight is 293 g/mol. The van der Waals surface area contributed by atoms with Gasteiger partial charge in [0.15, 0.2) is 0 Å². The van der Waals surface area contributed by atoms with Crippen LogP contribution in [0.1, 0.15) is 30.9 Å². The average Bonchev–Trinajstić information content (AvgIpc) is 2.97. The van der Waals surface area contributed by atoms with E-state index in [4.69, 9.17) is 9.84 Å². The summed E-state index contributed by atoms with van der Waals surface area (Å²) in [6.07, 6.45) is 2.03. The second-order valence-electron chi connectivity index (χ2n) is 5.34. The highest BCUT2D eigenvalue weighted by Gasteiger charge is 2.27. The first-order valence-corrected chi connectivity index (χ1v) is 7.17. The lowest BCUT2D eigenvalue weighted by molar-refractivity contribution is -0.137. The number of hydrogen-bond acceptors (Lipinski definition) is 5. The summed E-state index contributed by atoms with van der Waals surface area (Å²) < 4.78 is 5.16. The van der Waals surface area contributed by atoms with Crippen LogP contribution in [-0.4, -0.2) is 42.8 Å². The highest BCUT2D eigenvalue weighted by molar-refractivity contribution is 5.66. The van der Waals surface area contributed by atoms with Gasteiger partial charge in [0.2, 0.25) is 0 Å². The Kier molecular flexibility index (Phi) is 5.55. The molecule has 2 atom stereocenters. The minimum absolute atomic E-state index is 0.214. The molecule has 0 amide bonds. The Labute approximate surface area is 125 Å². The molecule has 3 N–H and O–H groups in total. The number of carboxylic acids is 1. The summed E-state index contributed by atoms with van der Waals surface area (Å²) in [5, 5.41) is 8.67. The molecule has 6 nitrogen and oxygen atoms in total. The molecule has 2 rings (SSSR count). The molecule has 116 valence electrons. The molecule has 0 spiro atoms. The Balaban J connectivity index is 1.83. The molecular weight excluding hydrogens is 270 g/mol. The zero-order valence-electron chi connectivity index (χ0n) is 12.5. The number of nitrogens with zero attached hydrogens (tertiary/aromatic N) is 1. The third-order valence-corrected chi connectivity index (χ3v) is 3.83. The fraction of sp³-hybridized carbons (Fsp3) is 0.533. The molecule has 1 aliphatic heterocycles. The third kappa shape index (κ3) is 4.42. The molecule has 21 heavy (non-hydrogen) atoms. The maximum Gasteiger partial charge on any atom is 0.303 e. The van der Waals surface area contributed by atoms with Crippen molar-refractivity contribution in [2.24, 2.45) is 0 Å². The van der Waals surface area contributed by atoms with E-state index < -0.39 is 5.97 Å². The summed E-state index contributed by atoms with van der Waals surface area (Å²) in [6.45, 7) is 0.765. The van der Waals surface area contributed by atoms with E-state index >= 15 is 0 Å². The zero-order chi connectivity index (χ0) is 15.2. The smallest absolute Gasteiger partial charge is 0.303 e. The summed E-state index contributed by atoms with van der Waals surface area (Å²) in [7, 11) is 3.67. The largest absolute Gasteiger partial charge is 0.497 e. The van der Waals surface area contributed by atoms with E-state index in [1.54, 1.807) is 7.11 Å². The van der Waals surface area contributed by atoms with Crippen molar-refractivity contribution in [2.75, 3.05) is 20.7 Å². The number of aliphatic carboxylic acids is 1. The van der Waals surface area contributed by atoms with Gasteiger partial charge in [-0.1, -0.05) is 12.1 Å². The molecule has 1 aromatic carbocycles. The Hall–Kier alpha value is -1.63. The summed E-state index contributed by atoms with van der Waals surface area (Å²) in [5.41, 5.74) is 7.77. The lowest BCUT2D eigenvalue weighted by atomic mass is 10.0. The van der Waals surface area contributed by atoms with Crippen molar-refractivity contribution in [3.8, 4) is 5.75 Å². The molecular formula is C15H23N3O3. The molecule has 1 fully saturated rings. The zero-order valence-corrected chi connectivity index (χ0v) is 12.5. The maximum atomic E-state index is 10.5. The van der Waals surface area contributed by atoms with Crippen LogP contribution in [0.25, 0.3) is 0 Å². The molecule has 1 heterocycles. The van der Waals surface area contributed by atoms with Crippen LogP contribution >= 0.6 is 0 Å². The van der Waals surface area contributed by atoms with Gasteiger partial charge in [-0.05, 0) is 44.1 Å². The van der Waals surface area contributed by atoms with Crippen molar-refractivity contribution in [3.63, 3.8) is 0 Å². The van der Waals surface area contributed by atoms with Gasteiger partial charge >= 0.3 is 5.97 Å². The van der Waals surface area contributed by atoms with Crippen LogP contribution in [-0.2, 0) is 4.79 Å². The monoisotopic (exact) mass is 293 g/mol. The Morgan fingerprint density at radius 3 is 2.71 bits per heavy atom. The predicted octanol–water partition coefficient (Wildman–Crippen LogP) is 1.36. The minimum Gasteiger partial charge on any atom is -0.497 e. The summed E-state index contributed by atoms with van der Waals surface area (Å²) in [5.74, 6) is 0.115. The normalized spacial score (nSPS) is 21.7. The van der Waals surface area contributed by atoms with Gasteiger partial charge in [0.25, 0.3) is 0 Å². The minimum atomic E-state index is -0.739. The van der Waals surface area contributed by atoms with Crippen LogP contribution in [0.4, 0.5) is 0 Å². The van der Waals surface area contributed by atoms with Crippen molar-refractivity contribution < 1.29 is 14.6 Å². The standard InChI is InChI=1S/C15H23N3O3/c1-18(9-3-4-15(19)20)14-10-13(16-17-14)11-5-7-12(21-2)8-6-11/h5-8,13-14,16-17H,3-4,9-10H2,1-2H3,(H,19,20). The number of nitrogens with one attached hydrogen (secondary N) is 2. The SMILES string of the molecule is COc1ccc(C2CC(N(C)CCCC(=O)O)NN2)cc1. The summed E-state index contributed by atoms with van der Waals surface area (Å²) in [4.78, 5) is 12.7. The van der Waals surface area contributed by atoms with E-state index in [0.717, 1.165) is 18.7 Å². The number of hydrazine groups is 1. The molecule has 2 unspecified atom stereocenters. The molecule has 1 aromatic rings. The number of hydrogen-bond donors (Lipinski definition) is 3. The van der Waals surface area contributed by atoms with Crippen molar-refractivity contribution >= 4 is 5.97 Å². The van der Waals surface area contributed by atoms with Crippen LogP contribution in [0.3, 0.4) is 0 Å². The number of rotatable bonds is 7. The third-order valence-electron chi connectivity index (χ3n) is 3.83. The molecule has 1 aliphatic rings. The molecule has 0 bridgehead atoms. The number of benzene rings is 1. The Morgan fingerprint density at radius 1 is 1.38 bits per heavy atom. The van der Waals surface area contributed by atoms with Gasteiger partial charge in [-0.15, -0.1) is 0 Å². The Bertz CT molecular complexity index is 464. The van der Waals surface area contributed by atoms with Crippen molar-refractivity contribution in [2.45, 2.75) is 31.5 Å². The predicted molar refractivity (Wildman–Crippen MR) is 79.9 cm³/mol. The number of carboxylic acid groups (broad SMARTS) is 1. The lowest BCUT2D eigenvalue weighted by Gasteiger charge is -2.23. The first-order valence-electron chi connectivity index (χ1n) is 7.17. The van der Waals surface area contributed by atoms with E-state index in [1.165, 1.54) is 5.56 Å². The Morgan fingerprint density at radius 2 is 2.10 bits per heavy atom. The maximum absolute atomic E-state index is 10.5. The highest BCUT2D eigenvalue weighted by Crippen LogP contribution is 2.25. The molecule has 0 radical (unpaired) electrons.